The van der Waals surface area contributed by atoms with Gasteiger partial charge in [-0.3, -0.25) is 0 Å². The summed E-state index contributed by atoms with van der Waals surface area (Å²) in [5.41, 5.74) is 0.719. The van der Waals surface area contributed by atoms with E-state index in [-0.39, 0.29) is 0 Å². The molecule has 0 aromatic heterocycles. The largest absolute Gasteiger partial charge is 0.390 e. The molecule has 0 heterocycles. The topological polar surface area (TPSA) is 40.5 Å². The Kier molecular flexibility index (Phi) is 4.95. The summed E-state index contributed by atoms with van der Waals surface area (Å²) >= 11 is 7.36. The van der Waals surface area contributed by atoms with Crippen LogP contribution in [0.3, 0.4) is 0 Å². The molecule has 0 spiro atoms. The van der Waals surface area contributed by atoms with Crippen molar-refractivity contribution in [2.45, 2.75) is 23.5 Å². The highest BCUT2D eigenvalue weighted by atomic mass is 79.9. The van der Waals surface area contributed by atoms with E-state index in [0.717, 1.165) is 10.5 Å². The van der Waals surface area contributed by atoms with Crippen LogP contribution in [0.25, 0.3) is 0 Å². The van der Waals surface area contributed by atoms with E-state index in [0.29, 0.717) is 11.8 Å². The van der Waals surface area contributed by atoms with Crippen LogP contribution in [0.4, 0.5) is 0 Å². The lowest BCUT2D eigenvalue weighted by molar-refractivity contribution is 0.0173. The average Bonchev–Trinajstić information content (AvgIpc) is 2.18. The second-order valence-corrected chi connectivity index (χ2v) is 4.39. The third-order valence-corrected chi connectivity index (χ3v) is 2.76. The maximum Gasteiger partial charge on any atom is 0.105 e. The normalized spacial score (nSPS) is 15.1. The molecule has 78 valence electrons. The summed E-state index contributed by atoms with van der Waals surface area (Å²) in [4.78, 5) is 0.843. The third-order valence-electron chi connectivity index (χ3n) is 2.00. The molecule has 2 unspecified atom stereocenters. The van der Waals surface area contributed by atoms with E-state index >= 15 is 0 Å². The molecule has 0 aliphatic carbocycles. The molecule has 1 aromatic rings. The Balaban J connectivity index is 2.68. The van der Waals surface area contributed by atoms with Crippen molar-refractivity contribution in [2.75, 3.05) is 5.33 Å². The number of thiol groups is 1. The summed E-state index contributed by atoms with van der Waals surface area (Å²) in [6, 6.07) is 7.12. The van der Waals surface area contributed by atoms with Gasteiger partial charge in [-0.05, 0) is 24.1 Å². The molecule has 0 radical (unpaired) electrons. The fourth-order valence-electron chi connectivity index (χ4n) is 1.16. The van der Waals surface area contributed by atoms with Crippen LogP contribution < -0.4 is 0 Å². The molecule has 1 aromatic carbocycles. The van der Waals surface area contributed by atoms with Gasteiger partial charge in [0, 0.05) is 10.2 Å². The maximum absolute atomic E-state index is 9.72. The molecule has 0 fully saturated rings. The van der Waals surface area contributed by atoms with Gasteiger partial charge in [-0.1, -0.05) is 28.1 Å². The molecule has 0 aliphatic heterocycles. The first-order chi connectivity index (χ1) is 6.65. The Bertz CT molecular complexity index is 276. The van der Waals surface area contributed by atoms with Crippen LogP contribution in [0.5, 0.6) is 0 Å². The zero-order chi connectivity index (χ0) is 10.6. The first kappa shape index (κ1) is 12.0. The molecule has 0 amide bonds. The number of hydrogen-bond donors (Lipinski definition) is 3. The van der Waals surface area contributed by atoms with Crippen molar-refractivity contribution in [1.82, 2.24) is 0 Å². The SMILES string of the molecule is OC(CCBr)C(O)c1ccc(S)cc1. The van der Waals surface area contributed by atoms with Gasteiger partial charge < -0.3 is 10.2 Å². The molecule has 1 rings (SSSR count). The molecular weight excluding hydrogens is 264 g/mol. The number of alkyl halides is 1. The van der Waals surface area contributed by atoms with Crippen molar-refractivity contribution < 1.29 is 10.2 Å². The number of aliphatic hydroxyl groups is 2. The number of aliphatic hydroxyl groups excluding tert-OH is 2. The number of hydrogen-bond acceptors (Lipinski definition) is 3. The quantitative estimate of drug-likeness (QED) is 0.583. The van der Waals surface area contributed by atoms with E-state index in [1.165, 1.54) is 0 Å². The molecule has 0 bridgehead atoms. The Morgan fingerprint density at radius 2 is 1.79 bits per heavy atom. The van der Waals surface area contributed by atoms with Crippen LogP contribution in [0, 0.1) is 0 Å². The smallest absolute Gasteiger partial charge is 0.105 e. The lowest BCUT2D eigenvalue weighted by Gasteiger charge is -2.17. The van der Waals surface area contributed by atoms with Crippen LogP contribution in [0.1, 0.15) is 18.1 Å². The van der Waals surface area contributed by atoms with Gasteiger partial charge in [-0.25, -0.2) is 0 Å². The Morgan fingerprint density at radius 1 is 1.21 bits per heavy atom. The third kappa shape index (κ3) is 3.28. The summed E-state index contributed by atoms with van der Waals surface area (Å²) in [6.45, 7) is 0. The maximum atomic E-state index is 9.72. The standard InChI is InChI=1S/C10H13BrO2S/c11-6-5-9(12)10(13)7-1-3-8(14)4-2-7/h1-4,9-10,12-14H,5-6H2. The first-order valence-corrected chi connectivity index (χ1v) is 5.93. The van der Waals surface area contributed by atoms with Crippen molar-refractivity contribution in [3.05, 3.63) is 29.8 Å². The molecule has 0 saturated heterocycles. The second-order valence-electron chi connectivity index (χ2n) is 3.08. The zero-order valence-electron chi connectivity index (χ0n) is 7.60. The van der Waals surface area contributed by atoms with E-state index in [4.69, 9.17) is 0 Å². The highest BCUT2D eigenvalue weighted by Gasteiger charge is 2.16. The number of benzene rings is 1. The van der Waals surface area contributed by atoms with Crippen LogP contribution >= 0.6 is 28.6 Å². The lowest BCUT2D eigenvalue weighted by Crippen LogP contribution is -2.18. The van der Waals surface area contributed by atoms with Crippen LogP contribution in [-0.2, 0) is 0 Å². The van der Waals surface area contributed by atoms with Gasteiger partial charge in [0.2, 0.25) is 0 Å². The molecule has 4 heteroatoms. The van der Waals surface area contributed by atoms with Crippen LogP contribution in [0.15, 0.2) is 29.2 Å². The van der Waals surface area contributed by atoms with Crippen molar-refractivity contribution in [3.63, 3.8) is 0 Å². The highest BCUT2D eigenvalue weighted by molar-refractivity contribution is 9.09. The summed E-state index contributed by atoms with van der Waals surface area (Å²) in [7, 11) is 0. The minimum atomic E-state index is -0.818. The zero-order valence-corrected chi connectivity index (χ0v) is 10.1. The Hall–Kier alpha value is -0.0300. The van der Waals surface area contributed by atoms with E-state index in [1.807, 2.05) is 0 Å². The van der Waals surface area contributed by atoms with Gasteiger partial charge in [-0.2, -0.15) is 0 Å². The van der Waals surface area contributed by atoms with Crippen LogP contribution in [0.2, 0.25) is 0 Å². The summed E-state index contributed by atoms with van der Waals surface area (Å²) < 4.78 is 0. The van der Waals surface area contributed by atoms with Crippen molar-refractivity contribution in [3.8, 4) is 0 Å². The number of halogens is 1. The summed E-state index contributed by atoms with van der Waals surface area (Å²) in [6.07, 6.45) is -1.01. The minimum Gasteiger partial charge on any atom is -0.390 e. The lowest BCUT2D eigenvalue weighted by atomic mass is 10.0. The first-order valence-electron chi connectivity index (χ1n) is 4.36. The van der Waals surface area contributed by atoms with Gasteiger partial charge in [0.05, 0.1) is 6.10 Å². The minimum absolute atomic E-state index is 0.532. The van der Waals surface area contributed by atoms with Gasteiger partial charge in [0.15, 0.2) is 0 Å². The van der Waals surface area contributed by atoms with Crippen molar-refractivity contribution in [1.29, 1.82) is 0 Å². The Labute approximate surface area is 97.5 Å². The van der Waals surface area contributed by atoms with E-state index in [1.54, 1.807) is 24.3 Å². The predicted octanol–water partition coefficient (Wildman–Crippen LogP) is 2.15. The molecule has 2 N–H and O–H groups in total. The molecule has 2 atom stereocenters. The van der Waals surface area contributed by atoms with E-state index in [9.17, 15) is 10.2 Å². The van der Waals surface area contributed by atoms with Gasteiger partial charge in [-0.15, -0.1) is 12.6 Å². The Morgan fingerprint density at radius 3 is 2.29 bits per heavy atom. The molecule has 14 heavy (non-hydrogen) atoms. The number of rotatable bonds is 4. The highest BCUT2D eigenvalue weighted by Crippen LogP contribution is 2.20. The van der Waals surface area contributed by atoms with Crippen molar-refractivity contribution >= 4 is 28.6 Å². The summed E-state index contributed by atoms with van der Waals surface area (Å²) in [5, 5.41) is 19.9. The second kappa shape index (κ2) is 5.75. The van der Waals surface area contributed by atoms with Gasteiger partial charge in [0.25, 0.3) is 0 Å². The van der Waals surface area contributed by atoms with E-state index in [2.05, 4.69) is 28.6 Å². The molecule has 0 saturated carbocycles. The van der Waals surface area contributed by atoms with Crippen molar-refractivity contribution in [2.24, 2.45) is 0 Å². The molecule has 0 aliphatic rings. The molecule has 2 nitrogen and oxygen atoms in total. The van der Waals surface area contributed by atoms with E-state index < -0.39 is 12.2 Å². The average molecular weight is 277 g/mol. The van der Waals surface area contributed by atoms with Gasteiger partial charge in [0.1, 0.15) is 6.10 Å². The fourth-order valence-corrected chi connectivity index (χ4v) is 1.78. The summed E-state index contributed by atoms with van der Waals surface area (Å²) in [5.74, 6) is 0. The van der Waals surface area contributed by atoms with Crippen LogP contribution in [-0.4, -0.2) is 21.6 Å². The van der Waals surface area contributed by atoms with Gasteiger partial charge >= 0.3 is 0 Å². The molecular formula is C10H13BrO2S. The monoisotopic (exact) mass is 276 g/mol. The predicted molar refractivity (Wildman–Crippen MR) is 63.1 cm³/mol. The fraction of sp³-hybridized carbons (Fsp3) is 0.400.